The maximum atomic E-state index is 4.36. The van der Waals surface area contributed by atoms with Gasteiger partial charge in [-0.2, -0.15) is 0 Å². The number of aromatic nitrogens is 5. The van der Waals surface area contributed by atoms with E-state index in [1.54, 1.807) is 17.5 Å². The standard InChI is InChI=1S/C9H7N5S/c1-5-11-3-7(15-5)9-13-6-2-10-4-12-8(6)14-9/h2-4H,1H3,(H,10,12,13,14). The van der Waals surface area contributed by atoms with Crippen LogP contribution in [0, 0.1) is 6.92 Å². The molecule has 15 heavy (non-hydrogen) atoms. The number of hydrogen-bond donors (Lipinski definition) is 1. The van der Waals surface area contributed by atoms with Crippen LogP contribution < -0.4 is 0 Å². The number of nitrogens with zero attached hydrogens (tertiary/aromatic N) is 4. The lowest BCUT2D eigenvalue weighted by atomic mass is 10.5. The van der Waals surface area contributed by atoms with Gasteiger partial charge in [-0.25, -0.2) is 19.9 Å². The number of imidazole rings is 1. The second-order valence-corrected chi connectivity index (χ2v) is 4.32. The van der Waals surface area contributed by atoms with Crippen molar-refractivity contribution in [2.75, 3.05) is 0 Å². The minimum Gasteiger partial charge on any atom is -0.335 e. The smallest absolute Gasteiger partial charge is 0.181 e. The molecular weight excluding hydrogens is 210 g/mol. The Bertz CT molecular complexity index is 579. The largest absolute Gasteiger partial charge is 0.335 e. The van der Waals surface area contributed by atoms with Gasteiger partial charge in [-0.05, 0) is 6.92 Å². The summed E-state index contributed by atoms with van der Waals surface area (Å²) in [7, 11) is 0. The number of hydrogen-bond acceptors (Lipinski definition) is 5. The van der Waals surface area contributed by atoms with Crippen LogP contribution in [0.15, 0.2) is 18.7 Å². The van der Waals surface area contributed by atoms with Crippen LogP contribution in [0.1, 0.15) is 5.01 Å². The second kappa shape index (κ2) is 3.09. The summed E-state index contributed by atoms with van der Waals surface area (Å²) in [4.78, 5) is 20.7. The van der Waals surface area contributed by atoms with Crippen LogP contribution in [0.4, 0.5) is 0 Å². The van der Waals surface area contributed by atoms with Crippen LogP contribution in [-0.2, 0) is 0 Å². The number of nitrogens with one attached hydrogen (secondary N) is 1. The molecule has 1 N–H and O–H groups in total. The quantitative estimate of drug-likeness (QED) is 0.674. The molecule has 6 heteroatoms. The molecular formula is C9H7N5S. The Kier molecular flexibility index (Phi) is 1.75. The number of fused-ring (bicyclic) bond motifs is 1. The third kappa shape index (κ3) is 1.39. The minimum absolute atomic E-state index is 0.686. The van der Waals surface area contributed by atoms with E-state index >= 15 is 0 Å². The van der Waals surface area contributed by atoms with E-state index in [-0.39, 0.29) is 0 Å². The van der Waals surface area contributed by atoms with E-state index in [9.17, 15) is 0 Å². The van der Waals surface area contributed by atoms with E-state index in [2.05, 4.69) is 24.9 Å². The Labute approximate surface area is 89.3 Å². The number of aromatic amines is 1. The lowest BCUT2D eigenvalue weighted by molar-refractivity contribution is 1.20. The normalized spacial score (nSPS) is 11.0. The molecule has 0 atom stereocenters. The van der Waals surface area contributed by atoms with Crippen molar-refractivity contribution in [1.82, 2.24) is 24.9 Å². The summed E-state index contributed by atoms with van der Waals surface area (Å²) in [6.07, 6.45) is 5.02. The first-order valence-electron chi connectivity index (χ1n) is 4.41. The van der Waals surface area contributed by atoms with E-state index in [0.717, 1.165) is 21.2 Å². The molecule has 0 saturated heterocycles. The molecule has 0 aromatic carbocycles. The van der Waals surface area contributed by atoms with E-state index in [1.807, 2.05) is 13.1 Å². The molecule has 0 amide bonds. The molecule has 3 aromatic heterocycles. The maximum Gasteiger partial charge on any atom is 0.181 e. The Morgan fingerprint density at radius 1 is 1.27 bits per heavy atom. The molecule has 0 aliphatic heterocycles. The second-order valence-electron chi connectivity index (χ2n) is 3.09. The summed E-state index contributed by atoms with van der Waals surface area (Å²) in [5.74, 6) is 0.802. The average molecular weight is 217 g/mol. The Balaban J connectivity index is 2.19. The zero-order valence-electron chi connectivity index (χ0n) is 7.93. The van der Waals surface area contributed by atoms with Crippen LogP contribution in [0.3, 0.4) is 0 Å². The van der Waals surface area contributed by atoms with Crippen molar-refractivity contribution in [2.45, 2.75) is 6.92 Å². The number of thiazole rings is 1. The fraction of sp³-hybridized carbons (Fsp3) is 0.111. The van der Waals surface area contributed by atoms with Gasteiger partial charge >= 0.3 is 0 Å². The van der Waals surface area contributed by atoms with Crippen molar-refractivity contribution in [3.8, 4) is 10.7 Å². The monoisotopic (exact) mass is 217 g/mol. The van der Waals surface area contributed by atoms with Gasteiger partial charge in [0.15, 0.2) is 11.5 Å². The van der Waals surface area contributed by atoms with Gasteiger partial charge in [0.2, 0.25) is 0 Å². The van der Waals surface area contributed by atoms with Crippen molar-refractivity contribution in [2.24, 2.45) is 0 Å². The van der Waals surface area contributed by atoms with Gasteiger partial charge in [0.05, 0.1) is 16.1 Å². The topological polar surface area (TPSA) is 67.3 Å². The first kappa shape index (κ1) is 8.49. The summed E-state index contributed by atoms with van der Waals surface area (Å²) in [5, 5.41) is 1.02. The predicted octanol–water partition coefficient (Wildman–Crippen LogP) is 1.78. The summed E-state index contributed by atoms with van der Waals surface area (Å²) in [6, 6.07) is 0. The average Bonchev–Trinajstić information content (AvgIpc) is 2.82. The fourth-order valence-corrected chi connectivity index (χ4v) is 2.07. The highest BCUT2D eigenvalue weighted by atomic mass is 32.1. The van der Waals surface area contributed by atoms with Gasteiger partial charge in [0.25, 0.3) is 0 Å². The molecule has 0 bridgehead atoms. The van der Waals surface area contributed by atoms with Gasteiger partial charge in [-0.1, -0.05) is 0 Å². The van der Waals surface area contributed by atoms with Crippen LogP contribution in [0.25, 0.3) is 21.9 Å². The fourth-order valence-electron chi connectivity index (χ4n) is 1.35. The highest BCUT2D eigenvalue weighted by Gasteiger charge is 2.07. The molecule has 0 spiro atoms. The highest BCUT2D eigenvalue weighted by molar-refractivity contribution is 7.14. The number of H-pyrrole nitrogens is 1. The lowest BCUT2D eigenvalue weighted by Crippen LogP contribution is -1.76. The van der Waals surface area contributed by atoms with Crippen LogP contribution in [0.5, 0.6) is 0 Å². The lowest BCUT2D eigenvalue weighted by Gasteiger charge is -1.84. The molecule has 0 aliphatic carbocycles. The van der Waals surface area contributed by atoms with Crippen LogP contribution in [0.2, 0.25) is 0 Å². The molecule has 74 valence electrons. The molecule has 0 aliphatic rings. The van der Waals surface area contributed by atoms with Crippen LogP contribution >= 0.6 is 11.3 Å². The Morgan fingerprint density at radius 2 is 2.20 bits per heavy atom. The summed E-state index contributed by atoms with van der Waals surface area (Å²) in [6.45, 7) is 1.97. The number of rotatable bonds is 1. The molecule has 3 aromatic rings. The first-order valence-corrected chi connectivity index (χ1v) is 5.23. The SMILES string of the molecule is Cc1ncc(-c2nc3ncncc3[nH]2)s1. The summed E-state index contributed by atoms with van der Waals surface area (Å²) < 4.78 is 0. The molecule has 5 nitrogen and oxygen atoms in total. The Hall–Kier alpha value is -1.82. The highest BCUT2D eigenvalue weighted by Crippen LogP contribution is 2.24. The third-order valence-corrected chi connectivity index (χ3v) is 2.94. The maximum absolute atomic E-state index is 4.36. The van der Waals surface area contributed by atoms with E-state index < -0.39 is 0 Å². The zero-order valence-corrected chi connectivity index (χ0v) is 8.75. The summed E-state index contributed by atoms with van der Waals surface area (Å²) in [5.41, 5.74) is 1.53. The van der Waals surface area contributed by atoms with Gasteiger partial charge in [-0.15, -0.1) is 11.3 Å². The van der Waals surface area contributed by atoms with E-state index in [4.69, 9.17) is 0 Å². The Morgan fingerprint density at radius 3 is 2.93 bits per heavy atom. The van der Waals surface area contributed by atoms with E-state index in [0.29, 0.717) is 5.65 Å². The van der Waals surface area contributed by atoms with Crippen molar-refractivity contribution in [3.63, 3.8) is 0 Å². The van der Waals surface area contributed by atoms with Gasteiger partial charge in [0, 0.05) is 6.20 Å². The molecule has 0 fully saturated rings. The summed E-state index contributed by atoms with van der Waals surface area (Å²) >= 11 is 1.60. The number of aryl methyl sites for hydroxylation is 1. The molecule has 3 heterocycles. The van der Waals surface area contributed by atoms with Crippen molar-refractivity contribution in [1.29, 1.82) is 0 Å². The van der Waals surface area contributed by atoms with E-state index in [1.165, 1.54) is 6.33 Å². The molecule has 3 rings (SSSR count). The minimum atomic E-state index is 0.686. The third-order valence-electron chi connectivity index (χ3n) is 2.02. The first-order chi connectivity index (χ1) is 7.33. The van der Waals surface area contributed by atoms with Gasteiger partial charge in [-0.3, -0.25) is 0 Å². The van der Waals surface area contributed by atoms with Gasteiger partial charge in [0.1, 0.15) is 11.8 Å². The van der Waals surface area contributed by atoms with Crippen molar-refractivity contribution < 1.29 is 0 Å². The van der Waals surface area contributed by atoms with Crippen molar-refractivity contribution >= 4 is 22.5 Å². The molecule has 0 saturated carbocycles. The van der Waals surface area contributed by atoms with Gasteiger partial charge < -0.3 is 4.98 Å². The zero-order chi connectivity index (χ0) is 10.3. The molecule has 0 unspecified atom stereocenters. The van der Waals surface area contributed by atoms with Crippen LogP contribution in [-0.4, -0.2) is 24.9 Å². The predicted molar refractivity (Wildman–Crippen MR) is 57.5 cm³/mol. The molecule has 0 radical (unpaired) electrons. The van der Waals surface area contributed by atoms with Crippen molar-refractivity contribution in [3.05, 3.63) is 23.7 Å².